The Morgan fingerprint density at radius 3 is 2.21 bits per heavy atom. The number of hydrogen-bond donors (Lipinski definition) is 3. The van der Waals surface area contributed by atoms with Gasteiger partial charge in [-0.1, -0.05) is 48.5 Å². The first-order valence-corrected chi connectivity index (χ1v) is 10.9. The van der Waals surface area contributed by atoms with Crippen molar-refractivity contribution in [3.8, 4) is 11.8 Å². The molecule has 34 heavy (non-hydrogen) atoms. The van der Waals surface area contributed by atoms with Gasteiger partial charge in [-0.3, -0.25) is 15.0 Å². The highest BCUT2D eigenvalue weighted by Crippen LogP contribution is 2.32. The number of benzene rings is 4. The number of ether oxygens (including phenoxy) is 1. The topological polar surface area (TPSA) is 103 Å². The van der Waals surface area contributed by atoms with E-state index in [1.165, 1.54) is 6.92 Å². The lowest BCUT2D eigenvalue weighted by atomic mass is 9.93. The van der Waals surface area contributed by atoms with E-state index < -0.39 is 11.9 Å². The largest absolute Gasteiger partial charge is 0.493 e. The van der Waals surface area contributed by atoms with Crippen molar-refractivity contribution in [3.05, 3.63) is 83.9 Å². The number of carbonyl (C=O) groups is 2. The predicted molar refractivity (Wildman–Crippen MR) is 132 cm³/mol. The minimum absolute atomic E-state index is 0.222. The number of amides is 2. The van der Waals surface area contributed by atoms with Gasteiger partial charge in [0.05, 0.1) is 18.2 Å². The van der Waals surface area contributed by atoms with Gasteiger partial charge in [0.2, 0.25) is 5.91 Å². The summed E-state index contributed by atoms with van der Waals surface area (Å²) in [6.07, 6.45) is 0. The summed E-state index contributed by atoms with van der Waals surface area (Å²) in [6.45, 7) is 3.56. The molecule has 170 valence electrons. The van der Waals surface area contributed by atoms with Crippen LogP contribution in [0.25, 0.3) is 21.5 Å². The van der Waals surface area contributed by atoms with E-state index in [2.05, 4.69) is 28.3 Å². The lowest BCUT2D eigenvalue weighted by Gasteiger charge is -2.19. The Balaban J connectivity index is 1.65. The number of rotatable bonds is 7. The number of carbonyl (C=O) groups excluding carboxylic acids is 2. The van der Waals surface area contributed by atoms with Crippen molar-refractivity contribution in [3.63, 3.8) is 0 Å². The molecule has 7 nitrogen and oxygen atoms in total. The highest BCUT2D eigenvalue weighted by molar-refractivity contribution is 6.03. The van der Waals surface area contributed by atoms with Gasteiger partial charge in [-0.05, 0) is 46.7 Å². The fourth-order valence-corrected chi connectivity index (χ4v) is 4.00. The fourth-order valence-electron chi connectivity index (χ4n) is 4.00. The average molecular weight is 453 g/mol. The highest BCUT2D eigenvalue weighted by atomic mass is 16.5. The maximum absolute atomic E-state index is 13.0. The molecule has 0 unspecified atom stereocenters. The van der Waals surface area contributed by atoms with E-state index in [0.717, 1.165) is 27.1 Å². The quantitative estimate of drug-likeness (QED) is 0.275. The lowest BCUT2D eigenvalue weighted by Crippen LogP contribution is -2.39. The molecule has 0 aliphatic carbocycles. The fraction of sp³-hybridized carbons (Fsp3) is 0.148. The van der Waals surface area contributed by atoms with E-state index in [-0.39, 0.29) is 11.5 Å². The minimum atomic E-state index is -0.797. The number of nitrogens with zero attached hydrogens (tertiary/aromatic N) is 1. The zero-order valence-electron chi connectivity index (χ0n) is 18.9. The van der Waals surface area contributed by atoms with Crippen molar-refractivity contribution in [2.45, 2.75) is 19.9 Å². The third kappa shape index (κ3) is 4.68. The summed E-state index contributed by atoms with van der Waals surface area (Å²) in [5.74, 6) is -0.347. The first kappa shape index (κ1) is 22.8. The predicted octanol–water partition coefficient (Wildman–Crippen LogP) is 4.85. The van der Waals surface area contributed by atoms with Gasteiger partial charge in [0, 0.05) is 24.2 Å². The van der Waals surface area contributed by atoms with E-state index in [0.29, 0.717) is 18.0 Å². The molecule has 4 rings (SSSR count). The molecular formula is C27H24N4O3. The molecule has 3 N–H and O–H groups in total. The van der Waals surface area contributed by atoms with Gasteiger partial charge in [-0.25, -0.2) is 5.43 Å². The molecule has 0 saturated carbocycles. The van der Waals surface area contributed by atoms with E-state index in [1.807, 2.05) is 55.5 Å². The third-order valence-electron chi connectivity index (χ3n) is 5.41. The SMILES string of the molecule is CCOc1cc(NC(C)=O)ccc1C(=O)NN[C@@H](C#N)c1c2ccccc2cc2ccccc12. The number of hydrogen-bond acceptors (Lipinski definition) is 5. The summed E-state index contributed by atoms with van der Waals surface area (Å²) in [6, 6.07) is 24.1. The summed E-state index contributed by atoms with van der Waals surface area (Å²) in [5, 5.41) is 16.6. The summed E-state index contributed by atoms with van der Waals surface area (Å²) >= 11 is 0. The van der Waals surface area contributed by atoms with E-state index in [1.54, 1.807) is 18.2 Å². The van der Waals surface area contributed by atoms with Crippen LogP contribution in [0.5, 0.6) is 5.75 Å². The number of hydrazine groups is 1. The van der Waals surface area contributed by atoms with E-state index in [9.17, 15) is 14.9 Å². The van der Waals surface area contributed by atoms with Crippen LogP contribution in [-0.4, -0.2) is 18.4 Å². The summed E-state index contributed by atoms with van der Waals surface area (Å²) < 4.78 is 5.61. The van der Waals surface area contributed by atoms with Gasteiger partial charge in [0.25, 0.3) is 5.91 Å². The average Bonchev–Trinajstić information content (AvgIpc) is 2.83. The first-order valence-electron chi connectivity index (χ1n) is 10.9. The van der Waals surface area contributed by atoms with Crippen LogP contribution in [0.1, 0.15) is 35.8 Å². The van der Waals surface area contributed by atoms with Crippen LogP contribution in [0.3, 0.4) is 0 Å². The Morgan fingerprint density at radius 1 is 0.971 bits per heavy atom. The van der Waals surface area contributed by atoms with Crippen LogP contribution >= 0.6 is 0 Å². The van der Waals surface area contributed by atoms with Crippen molar-refractivity contribution >= 4 is 39.0 Å². The molecule has 0 saturated heterocycles. The van der Waals surface area contributed by atoms with Gasteiger partial charge < -0.3 is 10.1 Å². The second kappa shape index (κ2) is 10.0. The van der Waals surface area contributed by atoms with Gasteiger partial charge in [0.15, 0.2) is 0 Å². The van der Waals surface area contributed by atoms with Crippen molar-refractivity contribution in [1.82, 2.24) is 10.9 Å². The van der Waals surface area contributed by atoms with E-state index in [4.69, 9.17) is 4.74 Å². The van der Waals surface area contributed by atoms with Gasteiger partial charge in [-0.2, -0.15) is 5.26 Å². The Kier molecular flexibility index (Phi) is 6.72. The molecule has 0 aliphatic rings. The zero-order valence-corrected chi connectivity index (χ0v) is 18.9. The molecule has 0 heterocycles. The third-order valence-corrected chi connectivity index (χ3v) is 5.41. The molecular weight excluding hydrogens is 428 g/mol. The normalized spacial score (nSPS) is 11.6. The number of anilines is 1. The maximum Gasteiger partial charge on any atom is 0.269 e. The lowest BCUT2D eigenvalue weighted by molar-refractivity contribution is -0.114. The maximum atomic E-state index is 13.0. The molecule has 4 aromatic carbocycles. The van der Waals surface area contributed by atoms with Crippen molar-refractivity contribution in [2.24, 2.45) is 0 Å². The number of nitriles is 1. The molecule has 0 fully saturated rings. The summed E-state index contributed by atoms with van der Waals surface area (Å²) in [4.78, 5) is 24.4. The van der Waals surface area contributed by atoms with Crippen LogP contribution in [0.4, 0.5) is 5.69 Å². The van der Waals surface area contributed by atoms with Crippen LogP contribution in [0.2, 0.25) is 0 Å². The van der Waals surface area contributed by atoms with Crippen molar-refractivity contribution < 1.29 is 14.3 Å². The molecule has 0 radical (unpaired) electrons. The van der Waals surface area contributed by atoms with Crippen molar-refractivity contribution in [2.75, 3.05) is 11.9 Å². The van der Waals surface area contributed by atoms with Gasteiger partial charge >= 0.3 is 0 Å². The van der Waals surface area contributed by atoms with Crippen molar-refractivity contribution in [1.29, 1.82) is 5.26 Å². The second-order valence-electron chi connectivity index (χ2n) is 7.72. The van der Waals surface area contributed by atoms with Crippen LogP contribution < -0.4 is 20.9 Å². The highest BCUT2D eigenvalue weighted by Gasteiger charge is 2.20. The summed E-state index contributed by atoms with van der Waals surface area (Å²) in [5.41, 5.74) is 7.16. The molecule has 1 atom stereocenters. The summed E-state index contributed by atoms with van der Waals surface area (Å²) in [7, 11) is 0. The molecule has 4 aromatic rings. The molecule has 7 heteroatoms. The molecule has 0 aromatic heterocycles. The molecule has 0 spiro atoms. The molecule has 2 amide bonds. The standard InChI is InChI=1S/C27H24N4O3/c1-3-34-25-15-20(29-17(2)32)12-13-23(25)27(33)31-30-24(16-28)26-21-10-6-4-8-18(21)14-19-9-5-7-11-22(19)26/h4-15,24,30H,3H2,1-2H3,(H,29,32)(H,31,33)/t24-/m0/s1. The zero-order chi connectivity index (χ0) is 24.1. The monoisotopic (exact) mass is 452 g/mol. The van der Waals surface area contributed by atoms with Gasteiger partial charge in [-0.15, -0.1) is 0 Å². The minimum Gasteiger partial charge on any atom is -0.493 e. The number of nitrogens with one attached hydrogen (secondary N) is 3. The molecule has 0 aliphatic heterocycles. The van der Waals surface area contributed by atoms with Crippen LogP contribution in [-0.2, 0) is 4.79 Å². The Labute approximate surface area is 197 Å². The second-order valence-corrected chi connectivity index (χ2v) is 7.72. The Morgan fingerprint density at radius 2 is 1.62 bits per heavy atom. The van der Waals surface area contributed by atoms with Gasteiger partial charge in [0.1, 0.15) is 11.8 Å². The Bertz CT molecular complexity index is 1370. The Hall–Kier alpha value is -4.41. The van der Waals surface area contributed by atoms with Crippen LogP contribution in [0.15, 0.2) is 72.8 Å². The number of fused-ring (bicyclic) bond motifs is 2. The first-order chi connectivity index (χ1) is 16.5. The molecule has 0 bridgehead atoms. The van der Waals surface area contributed by atoms with E-state index >= 15 is 0 Å². The smallest absolute Gasteiger partial charge is 0.269 e. The van der Waals surface area contributed by atoms with Crippen LogP contribution in [0, 0.1) is 11.3 Å².